The Kier molecular flexibility index (Phi) is 4.43. The molecule has 5 heteroatoms. The van der Waals surface area contributed by atoms with Crippen molar-refractivity contribution in [2.75, 3.05) is 24.6 Å². The van der Waals surface area contributed by atoms with Gasteiger partial charge in [-0.25, -0.2) is 4.98 Å². The van der Waals surface area contributed by atoms with Crippen LogP contribution in [0.5, 0.6) is 0 Å². The van der Waals surface area contributed by atoms with Crippen LogP contribution >= 0.6 is 23.1 Å². The summed E-state index contributed by atoms with van der Waals surface area (Å²) in [6.45, 7) is 5.20. The van der Waals surface area contributed by atoms with Gasteiger partial charge in [-0.3, -0.25) is 0 Å². The first-order valence-corrected chi connectivity index (χ1v) is 7.25. The van der Waals surface area contributed by atoms with Gasteiger partial charge in [0.25, 0.3) is 0 Å². The average Bonchev–Trinajstić information content (AvgIpc) is 2.66. The van der Waals surface area contributed by atoms with Crippen LogP contribution in [0.3, 0.4) is 0 Å². The Bertz CT molecular complexity index is 295. The van der Waals surface area contributed by atoms with Crippen LogP contribution in [0.1, 0.15) is 9.88 Å². The molecule has 2 N–H and O–H groups in total. The van der Waals surface area contributed by atoms with E-state index in [1.54, 1.807) is 11.3 Å². The summed E-state index contributed by atoms with van der Waals surface area (Å²) in [5, 5.41) is 8.16. The molecule has 0 bridgehead atoms. The number of hydrogen-bond acceptors (Lipinski definition) is 5. The van der Waals surface area contributed by atoms with Gasteiger partial charge in [-0.2, -0.15) is 11.8 Å². The maximum Gasteiger partial charge on any atom is 0.107 e. The van der Waals surface area contributed by atoms with Crippen molar-refractivity contribution in [1.29, 1.82) is 0 Å². The largest absolute Gasteiger partial charge is 0.311 e. The predicted molar refractivity (Wildman–Crippen MR) is 67.7 cm³/mol. The van der Waals surface area contributed by atoms with E-state index >= 15 is 0 Å². The lowest BCUT2D eigenvalue weighted by atomic mass is 10.3. The van der Waals surface area contributed by atoms with Crippen LogP contribution in [0.4, 0.5) is 0 Å². The number of rotatable bonds is 4. The lowest BCUT2D eigenvalue weighted by molar-refractivity contribution is 0.513. The van der Waals surface area contributed by atoms with Crippen molar-refractivity contribution in [3.05, 3.63) is 16.1 Å². The first-order chi connectivity index (χ1) is 7.34. The number of thioether (sulfide) groups is 1. The maximum atomic E-state index is 4.33. The lowest BCUT2D eigenvalue weighted by Gasteiger charge is -2.23. The Morgan fingerprint density at radius 1 is 1.67 bits per heavy atom. The molecule has 2 heterocycles. The summed E-state index contributed by atoms with van der Waals surface area (Å²) in [7, 11) is 0. The van der Waals surface area contributed by atoms with Gasteiger partial charge in [0, 0.05) is 48.3 Å². The molecule has 1 unspecified atom stereocenters. The fraction of sp³-hybridized carbons (Fsp3) is 0.700. The number of aryl methyl sites for hydroxylation is 1. The van der Waals surface area contributed by atoms with Crippen LogP contribution in [0.25, 0.3) is 0 Å². The first-order valence-electron chi connectivity index (χ1n) is 5.28. The SMILES string of the molecule is Cc1cnc(CNCC2CSCCN2)s1. The highest BCUT2D eigenvalue weighted by molar-refractivity contribution is 7.99. The molecule has 1 fully saturated rings. The minimum atomic E-state index is 0.629. The van der Waals surface area contributed by atoms with E-state index in [-0.39, 0.29) is 0 Å². The molecule has 15 heavy (non-hydrogen) atoms. The van der Waals surface area contributed by atoms with E-state index in [1.807, 2.05) is 18.0 Å². The van der Waals surface area contributed by atoms with E-state index in [4.69, 9.17) is 0 Å². The third-order valence-electron chi connectivity index (χ3n) is 2.33. The average molecular weight is 243 g/mol. The number of nitrogens with one attached hydrogen (secondary N) is 2. The fourth-order valence-electron chi connectivity index (χ4n) is 1.59. The van der Waals surface area contributed by atoms with Gasteiger partial charge >= 0.3 is 0 Å². The minimum Gasteiger partial charge on any atom is -0.311 e. The van der Waals surface area contributed by atoms with E-state index in [0.29, 0.717) is 6.04 Å². The highest BCUT2D eigenvalue weighted by Gasteiger charge is 2.11. The molecular formula is C10H17N3S2. The minimum absolute atomic E-state index is 0.629. The van der Waals surface area contributed by atoms with E-state index in [2.05, 4.69) is 22.5 Å². The fourth-order valence-corrected chi connectivity index (χ4v) is 3.29. The Morgan fingerprint density at radius 2 is 2.60 bits per heavy atom. The van der Waals surface area contributed by atoms with Crippen LogP contribution in [0.2, 0.25) is 0 Å². The van der Waals surface area contributed by atoms with Gasteiger partial charge in [-0.15, -0.1) is 11.3 Å². The molecule has 1 aromatic heterocycles. The smallest absolute Gasteiger partial charge is 0.107 e. The van der Waals surface area contributed by atoms with Crippen LogP contribution in [0.15, 0.2) is 6.20 Å². The van der Waals surface area contributed by atoms with E-state index < -0.39 is 0 Å². The molecule has 1 aliphatic rings. The van der Waals surface area contributed by atoms with Gasteiger partial charge in [-0.1, -0.05) is 0 Å². The van der Waals surface area contributed by atoms with Gasteiger partial charge in [0.15, 0.2) is 0 Å². The monoisotopic (exact) mass is 243 g/mol. The highest BCUT2D eigenvalue weighted by Crippen LogP contribution is 2.11. The molecule has 0 spiro atoms. The van der Waals surface area contributed by atoms with Crippen molar-refractivity contribution in [2.24, 2.45) is 0 Å². The number of aromatic nitrogens is 1. The molecule has 1 saturated heterocycles. The van der Waals surface area contributed by atoms with Crippen LogP contribution in [-0.4, -0.2) is 35.6 Å². The van der Waals surface area contributed by atoms with Crippen molar-refractivity contribution in [2.45, 2.75) is 19.5 Å². The molecule has 0 aromatic carbocycles. The number of hydrogen-bond donors (Lipinski definition) is 2. The number of nitrogens with zero attached hydrogens (tertiary/aromatic N) is 1. The summed E-state index contributed by atoms with van der Waals surface area (Å²) >= 11 is 3.81. The highest BCUT2D eigenvalue weighted by atomic mass is 32.2. The molecule has 84 valence electrons. The van der Waals surface area contributed by atoms with Crippen molar-refractivity contribution in [3.8, 4) is 0 Å². The van der Waals surface area contributed by atoms with E-state index in [1.165, 1.54) is 21.4 Å². The van der Waals surface area contributed by atoms with Crippen molar-refractivity contribution < 1.29 is 0 Å². The molecule has 0 radical (unpaired) electrons. The Morgan fingerprint density at radius 3 is 3.27 bits per heavy atom. The second-order valence-corrected chi connectivity index (χ2v) is 6.19. The zero-order chi connectivity index (χ0) is 10.5. The van der Waals surface area contributed by atoms with Crippen LogP contribution in [-0.2, 0) is 6.54 Å². The molecular weight excluding hydrogens is 226 g/mol. The quantitative estimate of drug-likeness (QED) is 0.834. The first kappa shape index (κ1) is 11.4. The second kappa shape index (κ2) is 5.84. The lowest BCUT2D eigenvalue weighted by Crippen LogP contribution is -2.44. The summed E-state index contributed by atoms with van der Waals surface area (Å²) in [5.41, 5.74) is 0. The van der Waals surface area contributed by atoms with Crippen LogP contribution < -0.4 is 10.6 Å². The third-order valence-corrected chi connectivity index (χ3v) is 4.38. The van der Waals surface area contributed by atoms with Gasteiger partial charge in [0.05, 0.1) is 0 Å². The van der Waals surface area contributed by atoms with Crippen molar-refractivity contribution in [3.63, 3.8) is 0 Å². The Balaban J connectivity index is 1.65. The standard InChI is InChI=1S/C10H17N3S2/c1-8-4-13-10(15-8)6-11-5-9-7-14-3-2-12-9/h4,9,11-12H,2-3,5-7H2,1H3. The Hall–Kier alpha value is -0.100. The zero-order valence-corrected chi connectivity index (χ0v) is 10.6. The normalized spacial score (nSPS) is 21.8. The summed E-state index contributed by atoms with van der Waals surface area (Å²) in [5.74, 6) is 2.48. The van der Waals surface area contributed by atoms with E-state index in [9.17, 15) is 0 Å². The molecule has 0 aliphatic carbocycles. The molecule has 0 saturated carbocycles. The summed E-state index contributed by atoms with van der Waals surface area (Å²) in [6, 6.07) is 0.629. The molecule has 3 nitrogen and oxygen atoms in total. The third kappa shape index (κ3) is 3.75. The van der Waals surface area contributed by atoms with Gasteiger partial charge in [0.1, 0.15) is 5.01 Å². The van der Waals surface area contributed by atoms with E-state index in [0.717, 1.165) is 19.6 Å². The van der Waals surface area contributed by atoms with Crippen LogP contribution in [0, 0.1) is 6.92 Å². The summed E-state index contributed by atoms with van der Waals surface area (Å²) < 4.78 is 0. The summed E-state index contributed by atoms with van der Waals surface area (Å²) in [4.78, 5) is 5.62. The van der Waals surface area contributed by atoms with Crippen molar-refractivity contribution in [1.82, 2.24) is 15.6 Å². The Labute approximate surface area is 99.1 Å². The zero-order valence-electron chi connectivity index (χ0n) is 8.95. The second-order valence-electron chi connectivity index (χ2n) is 3.72. The molecule has 1 aromatic rings. The molecule has 1 aliphatic heterocycles. The molecule has 0 amide bonds. The molecule has 2 rings (SSSR count). The molecule has 1 atom stereocenters. The maximum absolute atomic E-state index is 4.33. The topological polar surface area (TPSA) is 37.0 Å². The van der Waals surface area contributed by atoms with Crippen molar-refractivity contribution >= 4 is 23.1 Å². The number of thiazole rings is 1. The summed E-state index contributed by atoms with van der Waals surface area (Å²) in [6.07, 6.45) is 1.94. The van der Waals surface area contributed by atoms with Gasteiger partial charge in [0.2, 0.25) is 0 Å². The van der Waals surface area contributed by atoms with Gasteiger partial charge < -0.3 is 10.6 Å². The predicted octanol–water partition coefficient (Wildman–Crippen LogP) is 1.25. The van der Waals surface area contributed by atoms with Gasteiger partial charge in [-0.05, 0) is 6.92 Å².